The molecule has 0 amide bonds. The molecule has 1 rings (SSSR count). The minimum atomic E-state index is -1.75. The summed E-state index contributed by atoms with van der Waals surface area (Å²) in [4.78, 5) is 0. The van der Waals surface area contributed by atoms with Crippen LogP contribution < -0.4 is 0 Å². The van der Waals surface area contributed by atoms with Crippen LogP contribution in [0, 0.1) is 0 Å². The van der Waals surface area contributed by atoms with Crippen LogP contribution in [0.4, 0.5) is 0 Å². The standard InChI is InChI=1S/C16H32BrO3PSi3/c1-22(2,3)18-16(14-10-12-15(17)13-11-14)21(19-23(4,5)6)20-24(7,8)9/h10-13,16H,1-9H3. The fraction of sp³-hybridized carbons (Fsp3) is 0.625. The van der Waals surface area contributed by atoms with Crippen molar-refractivity contribution < 1.29 is 12.9 Å². The van der Waals surface area contributed by atoms with Crippen LogP contribution in [0.3, 0.4) is 0 Å². The second-order valence-electron chi connectivity index (χ2n) is 8.83. The molecule has 0 fully saturated rings. The highest BCUT2D eigenvalue weighted by molar-refractivity contribution is 9.10. The van der Waals surface area contributed by atoms with Crippen LogP contribution in [0.1, 0.15) is 11.4 Å². The minimum absolute atomic E-state index is 0.127. The SMILES string of the molecule is C[Si](C)(C)OC(c1ccc(Br)cc1)P(O[Si](C)(C)C)O[Si](C)(C)C. The Kier molecular flexibility index (Phi) is 8.10. The smallest absolute Gasteiger partial charge is 0.191 e. The third-order valence-corrected chi connectivity index (χ3v) is 10.8. The lowest BCUT2D eigenvalue weighted by Gasteiger charge is -2.38. The van der Waals surface area contributed by atoms with E-state index in [2.05, 4.69) is 99.1 Å². The maximum Gasteiger partial charge on any atom is 0.191 e. The highest BCUT2D eigenvalue weighted by atomic mass is 79.9. The molecule has 0 aliphatic carbocycles. The summed E-state index contributed by atoms with van der Waals surface area (Å²) < 4.78 is 20.6. The fourth-order valence-electron chi connectivity index (χ4n) is 1.85. The van der Waals surface area contributed by atoms with Gasteiger partial charge in [-0.05, 0) is 76.6 Å². The van der Waals surface area contributed by atoms with E-state index >= 15 is 0 Å². The van der Waals surface area contributed by atoms with Crippen molar-refractivity contribution in [1.29, 1.82) is 0 Å². The molecule has 0 aliphatic heterocycles. The van der Waals surface area contributed by atoms with E-state index in [4.69, 9.17) is 12.9 Å². The molecule has 1 unspecified atom stereocenters. The molecule has 0 aromatic heterocycles. The normalized spacial score (nSPS) is 15.0. The van der Waals surface area contributed by atoms with Gasteiger partial charge in [0.15, 0.2) is 33.3 Å². The second kappa shape index (κ2) is 8.57. The molecule has 1 atom stereocenters. The minimum Gasteiger partial charge on any atom is -0.403 e. The van der Waals surface area contributed by atoms with E-state index in [1.54, 1.807) is 0 Å². The van der Waals surface area contributed by atoms with Crippen LogP contribution in [0.25, 0.3) is 0 Å². The summed E-state index contributed by atoms with van der Waals surface area (Å²) in [5, 5.41) is 0. The summed E-state index contributed by atoms with van der Waals surface area (Å²) in [5.41, 5.74) is 1.14. The monoisotopic (exact) mass is 466 g/mol. The molecule has 0 heterocycles. The molecule has 3 nitrogen and oxygen atoms in total. The molecule has 0 N–H and O–H groups in total. The van der Waals surface area contributed by atoms with Gasteiger partial charge in [-0.25, -0.2) is 0 Å². The Bertz CT molecular complexity index is 505. The molecule has 138 valence electrons. The zero-order valence-corrected chi connectivity index (χ0v) is 21.9. The lowest BCUT2D eigenvalue weighted by Crippen LogP contribution is -2.33. The Morgan fingerprint density at radius 1 is 0.750 bits per heavy atom. The number of halogens is 1. The van der Waals surface area contributed by atoms with Crippen LogP contribution >= 0.6 is 24.3 Å². The molecule has 0 saturated carbocycles. The van der Waals surface area contributed by atoms with Gasteiger partial charge in [0.25, 0.3) is 0 Å². The molecule has 24 heavy (non-hydrogen) atoms. The van der Waals surface area contributed by atoms with Crippen LogP contribution in [-0.2, 0) is 12.9 Å². The summed E-state index contributed by atoms with van der Waals surface area (Å²) in [6.07, 6.45) is 0. The summed E-state index contributed by atoms with van der Waals surface area (Å²) in [7, 11) is -6.38. The number of benzene rings is 1. The molecule has 0 bridgehead atoms. The largest absolute Gasteiger partial charge is 0.403 e. The quantitative estimate of drug-likeness (QED) is 0.296. The van der Waals surface area contributed by atoms with Gasteiger partial charge in [0, 0.05) is 4.47 Å². The average molecular weight is 468 g/mol. The molecular formula is C16H32BrO3PSi3. The fourth-order valence-corrected chi connectivity index (χ4v) is 10.2. The van der Waals surface area contributed by atoms with Crippen molar-refractivity contribution in [3.63, 3.8) is 0 Å². The van der Waals surface area contributed by atoms with Crippen molar-refractivity contribution >= 4 is 49.3 Å². The summed E-state index contributed by atoms with van der Waals surface area (Å²) in [6.45, 7) is 19.9. The predicted molar refractivity (Wildman–Crippen MR) is 117 cm³/mol. The van der Waals surface area contributed by atoms with Crippen LogP contribution in [0.15, 0.2) is 28.7 Å². The zero-order valence-electron chi connectivity index (χ0n) is 16.4. The summed E-state index contributed by atoms with van der Waals surface area (Å²) in [5.74, 6) is -0.127. The zero-order chi connectivity index (χ0) is 18.8. The third kappa shape index (κ3) is 9.38. The van der Waals surface area contributed by atoms with E-state index < -0.39 is 33.3 Å². The molecule has 1 aromatic rings. The first-order chi connectivity index (χ1) is 10.7. The van der Waals surface area contributed by atoms with E-state index in [9.17, 15) is 0 Å². The van der Waals surface area contributed by atoms with Gasteiger partial charge in [-0.2, -0.15) is 0 Å². The Labute approximate surface area is 160 Å². The highest BCUT2D eigenvalue weighted by Crippen LogP contribution is 2.57. The first-order valence-corrected chi connectivity index (χ1v) is 20.5. The molecule has 0 aliphatic rings. The van der Waals surface area contributed by atoms with Crippen molar-refractivity contribution in [3.05, 3.63) is 34.3 Å². The van der Waals surface area contributed by atoms with E-state index in [-0.39, 0.29) is 5.85 Å². The van der Waals surface area contributed by atoms with Crippen LogP contribution in [-0.4, -0.2) is 25.0 Å². The molecular weight excluding hydrogens is 435 g/mol. The van der Waals surface area contributed by atoms with Gasteiger partial charge >= 0.3 is 0 Å². The maximum absolute atomic E-state index is 6.56. The number of rotatable bonds is 8. The summed E-state index contributed by atoms with van der Waals surface area (Å²) >= 11 is 3.52. The number of hydrogen-bond donors (Lipinski definition) is 0. The summed E-state index contributed by atoms with van der Waals surface area (Å²) in [6, 6.07) is 8.36. The van der Waals surface area contributed by atoms with Gasteiger partial charge in [0.1, 0.15) is 5.85 Å². The molecule has 8 heteroatoms. The Morgan fingerprint density at radius 3 is 1.50 bits per heavy atom. The van der Waals surface area contributed by atoms with Gasteiger partial charge in [0.05, 0.1) is 0 Å². The highest BCUT2D eigenvalue weighted by Gasteiger charge is 2.37. The van der Waals surface area contributed by atoms with Gasteiger partial charge in [-0.3, -0.25) is 0 Å². The van der Waals surface area contributed by atoms with E-state index in [1.807, 2.05) is 0 Å². The maximum atomic E-state index is 6.56. The molecule has 0 radical (unpaired) electrons. The van der Waals surface area contributed by atoms with Crippen molar-refractivity contribution in [3.8, 4) is 0 Å². The number of hydrogen-bond acceptors (Lipinski definition) is 3. The Morgan fingerprint density at radius 2 is 1.17 bits per heavy atom. The van der Waals surface area contributed by atoms with Crippen molar-refractivity contribution in [2.45, 2.75) is 64.8 Å². The van der Waals surface area contributed by atoms with Crippen molar-refractivity contribution in [2.75, 3.05) is 0 Å². The predicted octanol–water partition coefficient (Wildman–Crippen LogP) is 7.31. The van der Waals surface area contributed by atoms with Gasteiger partial charge in [-0.15, -0.1) is 0 Å². The van der Waals surface area contributed by atoms with E-state index in [0.717, 1.165) is 10.0 Å². The van der Waals surface area contributed by atoms with Gasteiger partial charge in [0.2, 0.25) is 0 Å². The molecule has 0 saturated heterocycles. The second-order valence-corrected chi connectivity index (χ2v) is 25.2. The average Bonchev–Trinajstić information content (AvgIpc) is 2.32. The van der Waals surface area contributed by atoms with Crippen LogP contribution in [0.2, 0.25) is 58.9 Å². The van der Waals surface area contributed by atoms with Crippen LogP contribution in [0.5, 0.6) is 0 Å². The van der Waals surface area contributed by atoms with Crippen molar-refractivity contribution in [1.82, 2.24) is 0 Å². The molecule has 1 aromatic carbocycles. The first kappa shape index (κ1) is 22.7. The van der Waals surface area contributed by atoms with Gasteiger partial charge in [-0.1, -0.05) is 28.1 Å². The molecule has 0 spiro atoms. The van der Waals surface area contributed by atoms with Crippen molar-refractivity contribution in [2.24, 2.45) is 0 Å². The lowest BCUT2D eigenvalue weighted by atomic mass is 10.2. The Hall–Kier alpha value is 0.661. The topological polar surface area (TPSA) is 27.7 Å². The Balaban J connectivity index is 3.24. The van der Waals surface area contributed by atoms with Gasteiger partial charge < -0.3 is 12.9 Å². The first-order valence-electron chi connectivity index (χ1n) is 8.27. The lowest BCUT2D eigenvalue weighted by molar-refractivity contribution is 0.253. The van der Waals surface area contributed by atoms with E-state index in [1.165, 1.54) is 0 Å². The van der Waals surface area contributed by atoms with E-state index in [0.29, 0.717) is 0 Å². The third-order valence-electron chi connectivity index (χ3n) is 2.54.